The molecule has 8 heteroatoms. The number of hydrogen-bond acceptors (Lipinski definition) is 6. The van der Waals surface area contributed by atoms with Gasteiger partial charge in [0.25, 0.3) is 0 Å². The summed E-state index contributed by atoms with van der Waals surface area (Å²) in [6.07, 6.45) is 1.12. The second-order valence-electron chi connectivity index (χ2n) is 3.07. The minimum absolute atomic E-state index is 0.343. The van der Waals surface area contributed by atoms with Gasteiger partial charge in [0.05, 0.1) is 12.8 Å². The van der Waals surface area contributed by atoms with Crippen LogP contribution in [0.4, 0.5) is 0 Å². The van der Waals surface area contributed by atoms with Crippen molar-refractivity contribution >= 4 is 10.0 Å². The topological polar surface area (TPSA) is 97.1 Å². The van der Waals surface area contributed by atoms with Crippen molar-refractivity contribution in [3.05, 3.63) is 11.7 Å². The second kappa shape index (κ2) is 5.19. The van der Waals surface area contributed by atoms with Crippen molar-refractivity contribution in [2.45, 2.75) is 13.5 Å². The summed E-state index contributed by atoms with van der Waals surface area (Å²) >= 11 is 0. The molecule has 0 amide bonds. The summed E-state index contributed by atoms with van der Waals surface area (Å²) in [4.78, 5) is 3.98. The van der Waals surface area contributed by atoms with Gasteiger partial charge in [-0.05, 0) is 0 Å². The Labute approximate surface area is 88.3 Å². The molecule has 1 aromatic rings. The van der Waals surface area contributed by atoms with E-state index >= 15 is 0 Å². The van der Waals surface area contributed by atoms with Crippen molar-refractivity contribution in [2.75, 3.05) is 19.3 Å². The molecule has 0 saturated carbocycles. The Bertz CT molecular complexity index is 400. The molecular weight excluding hydrogens is 220 g/mol. The van der Waals surface area contributed by atoms with Crippen LogP contribution >= 0.6 is 0 Å². The predicted molar refractivity (Wildman–Crippen MR) is 53.6 cm³/mol. The largest absolute Gasteiger partial charge is 0.340 e. The van der Waals surface area contributed by atoms with E-state index in [0.717, 1.165) is 6.26 Å². The van der Waals surface area contributed by atoms with Crippen LogP contribution in [0, 0.1) is 6.92 Å². The Morgan fingerprint density at radius 3 is 2.67 bits per heavy atom. The lowest BCUT2D eigenvalue weighted by Crippen LogP contribution is -2.30. The van der Waals surface area contributed by atoms with Crippen molar-refractivity contribution in [3.8, 4) is 0 Å². The summed E-state index contributed by atoms with van der Waals surface area (Å²) in [7, 11) is -3.10. The number of aryl methyl sites for hydroxylation is 1. The van der Waals surface area contributed by atoms with Crippen LogP contribution in [0.2, 0.25) is 0 Å². The molecule has 1 heterocycles. The molecule has 0 aliphatic rings. The van der Waals surface area contributed by atoms with Gasteiger partial charge >= 0.3 is 0 Å². The SMILES string of the molecule is Cc1nc(CNCCNS(C)(=O)=O)no1. The van der Waals surface area contributed by atoms with E-state index in [1.165, 1.54) is 0 Å². The van der Waals surface area contributed by atoms with Crippen molar-refractivity contribution in [1.82, 2.24) is 20.2 Å². The maximum absolute atomic E-state index is 10.7. The van der Waals surface area contributed by atoms with Crippen LogP contribution < -0.4 is 10.0 Å². The van der Waals surface area contributed by atoms with Crippen molar-refractivity contribution < 1.29 is 12.9 Å². The van der Waals surface area contributed by atoms with E-state index in [-0.39, 0.29) is 0 Å². The summed E-state index contributed by atoms with van der Waals surface area (Å²) in [6.45, 7) is 3.03. The summed E-state index contributed by atoms with van der Waals surface area (Å²) in [5, 5.41) is 6.65. The first kappa shape index (κ1) is 12.1. The fourth-order valence-corrected chi connectivity index (χ4v) is 1.41. The zero-order valence-electron chi connectivity index (χ0n) is 8.65. The fourth-order valence-electron chi connectivity index (χ4n) is 0.938. The van der Waals surface area contributed by atoms with E-state index in [4.69, 9.17) is 4.52 Å². The third-order valence-electron chi connectivity index (χ3n) is 1.52. The third kappa shape index (κ3) is 5.45. The Balaban J connectivity index is 2.12. The molecule has 7 nitrogen and oxygen atoms in total. The molecule has 2 N–H and O–H groups in total. The first-order valence-corrected chi connectivity index (χ1v) is 6.31. The smallest absolute Gasteiger partial charge is 0.223 e. The summed E-state index contributed by atoms with van der Waals surface area (Å²) in [5.74, 6) is 1.08. The monoisotopic (exact) mass is 234 g/mol. The number of sulfonamides is 1. The number of aromatic nitrogens is 2. The van der Waals surface area contributed by atoms with Gasteiger partial charge in [-0.3, -0.25) is 0 Å². The van der Waals surface area contributed by atoms with E-state index in [1.54, 1.807) is 6.92 Å². The normalized spacial score (nSPS) is 11.9. The molecule has 0 saturated heterocycles. The highest BCUT2D eigenvalue weighted by atomic mass is 32.2. The zero-order valence-corrected chi connectivity index (χ0v) is 9.47. The van der Waals surface area contributed by atoms with Crippen LogP contribution in [0.5, 0.6) is 0 Å². The first-order valence-electron chi connectivity index (χ1n) is 4.42. The molecule has 1 rings (SSSR count). The molecule has 0 radical (unpaired) electrons. The number of rotatable bonds is 6. The van der Waals surface area contributed by atoms with E-state index < -0.39 is 10.0 Å². The highest BCUT2D eigenvalue weighted by Gasteiger charge is 2.01. The summed E-state index contributed by atoms with van der Waals surface area (Å²) in [6, 6.07) is 0. The lowest BCUT2D eigenvalue weighted by atomic mass is 10.5. The minimum Gasteiger partial charge on any atom is -0.340 e. The van der Waals surface area contributed by atoms with Crippen LogP contribution in [0.15, 0.2) is 4.52 Å². The van der Waals surface area contributed by atoms with Gasteiger partial charge in [-0.15, -0.1) is 0 Å². The molecule has 0 fully saturated rings. The van der Waals surface area contributed by atoms with Gasteiger partial charge in [-0.25, -0.2) is 13.1 Å². The Morgan fingerprint density at radius 2 is 2.13 bits per heavy atom. The number of nitrogens with one attached hydrogen (secondary N) is 2. The van der Waals surface area contributed by atoms with Gasteiger partial charge in [-0.2, -0.15) is 4.98 Å². The van der Waals surface area contributed by atoms with E-state index in [9.17, 15) is 8.42 Å². The van der Waals surface area contributed by atoms with Gasteiger partial charge in [0, 0.05) is 20.0 Å². The third-order valence-corrected chi connectivity index (χ3v) is 2.25. The average Bonchev–Trinajstić information content (AvgIpc) is 2.49. The van der Waals surface area contributed by atoms with Crippen molar-refractivity contribution in [1.29, 1.82) is 0 Å². The minimum atomic E-state index is -3.10. The predicted octanol–water partition coefficient (Wildman–Crippen LogP) is -0.983. The van der Waals surface area contributed by atoms with Crippen LogP contribution in [0.1, 0.15) is 11.7 Å². The van der Waals surface area contributed by atoms with Crippen LogP contribution in [-0.4, -0.2) is 37.9 Å². The van der Waals surface area contributed by atoms with Crippen LogP contribution in [-0.2, 0) is 16.6 Å². The molecule has 15 heavy (non-hydrogen) atoms. The Hall–Kier alpha value is -0.990. The first-order chi connectivity index (χ1) is 6.97. The van der Waals surface area contributed by atoms with Gasteiger partial charge in [0.15, 0.2) is 5.82 Å². The molecule has 0 bridgehead atoms. The number of nitrogens with zero attached hydrogens (tertiary/aromatic N) is 2. The lowest BCUT2D eigenvalue weighted by Gasteiger charge is -2.02. The fraction of sp³-hybridized carbons (Fsp3) is 0.714. The van der Waals surface area contributed by atoms with Crippen LogP contribution in [0.3, 0.4) is 0 Å². The maximum atomic E-state index is 10.7. The molecule has 0 aromatic carbocycles. The summed E-state index contributed by atoms with van der Waals surface area (Å²) in [5.41, 5.74) is 0. The highest BCUT2D eigenvalue weighted by Crippen LogP contribution is 1.92. The average molecular weight is 234 g/mol. The van der Waals surface area contributed by atoms with Crippen molar-refractivity contribution in [2.24, 2.45) is 0 Å². The van der Waals surface area contributed by atoms with Gasteiger partial charge in [-0.1, -0.05) is 5.16 Å². The summed E-state index contributed by atoms with van der Waals surface area (Å²) < 4.78 is 28.5. The van der Waals surface area contributed by atoms with E-state index in [2.05, 4.69) is 20.2 Å². The maximum Gasteiger partial charge on any atom is 0.223 e. The van der Waals surface area contributed by atoms with Gasteiger partial charge < -0.3 is 9.84 Å². The van der Waals surface area contributed by atoms with Crippen LogP contribution in [0.25, 0.3) is 0 Å². The van der Waals surface area contributed by atoms with E-state index in [1.807, 2.05) is 0 Å². The second-order valence-corrected chi connectivity index (χ2v) is 4.91. The molecule has 86 valence electrons. The Morgan fingerprint density at radius 1 is 1.40 bits per heavy atom. The van der Waals surface area contributed by atoms with Gasteiger partial charge in [0.2, 0.25) is 15.9 Å². The molecule has 0 aliphatic carbocycles. The molecule has 0 atom stereocenters. The Kier molecular flexibility index (Phi) is 4.18. The number of hydrogen-bond donors (Lipinski definition) is 2. The van der Waals surface area contributed by atoms with Gasteiger partial charge in [0.1, 0.15) is 0 Å². The highest BCUT2D eigenvalue weighted by molar-refractivity contribution is 7.88. The lowest BCUT2D eigenvalue weighted by molar-refractivity contribution is 0.385. The quantitative estimate of drug-likeness (QED) is 0.614. The standard InChI is InChI=1S/C7H14N4O3S/c1-6-10-7(11-14-6)5-8-3-4-9-15(2,12)13/h8-9H,3-5H2,1-2H3. The van der Waals surface area contributed by atoms with E-state index in [0.29, 0.717) is 31.3 Å². The molecule has 1 aromatic heterocycles. The van der Waals surface area contributed by atoms with Crippen molar-refractivity contribution in [3.63, 3.8) is 0 Å². The molecule has 0 unspecified atom stereocenters. The molecule has 0 spiro atoms. The zero-order chi connectivity index (χ0) is 11.3. The molecular formula is C7H14N4O3S. The molecule has 0 aliphatic heterocycles.